The molecule has 214 valence electrons. The maximum atomic E-state index is 13.3. The van der Waals surface area contributed by atoms with Crippen molar-refractivity contribution in [3.05, 3.63) is 107 Å². The Kier molecular flexibility index (Phi) is 8.81. The molecule has 10 heteroatoms. The van der Waals surface area contributed by atoms with Crippen LogP contribution in [-0.2, 0) is 24.2 Å². The van der Waals surface area contributed by atoms with Crippen molar-refractivity contribution < 1.29 is 14.7 Å². The largest absolute Gasteiger partial charge is 0.481 e. The number of amides is 1. The molecule has 0 fully saturated rings. The van der Waals surface area contributed by atoms with Crippen LogP contribution in [0, 0.1) is 6.92 Å². The van der Waals surface area contributed by atoms with E-state index in [0.29, 0.717) is 18.8 Å². The van der Waals surface area contributed by atoms with E-state index in [1.165, 1.54) is 0 Å². The highest BCUT2D eigenvalue weighted by molar-refractivity contribution is 5.93. The van der Waals surface area contributed by atoms with Crippen LogP contribution in [0.4, 0.5) is 0 Å². The summed E-state index contributed by atoms with van der Waals surface area (Å²) in [4.78, 5) is 24.8. The lowest BCUT2D eigenvalue weighted by atomic mass is 9.98. The number of hydrogen-bond acceptors (Lipinski definition) is 6. The number of carbonyl (C=O) groups excluding carboxylic acids is 1. The van der Waals surface area contributed by atoms with Gasteiger partial charge < -0.3 is 10.4 Å². The second kappa shape index (κ2) is 13.0. The molecule has 0 unspecified atom stereocenters. The molecule has 2 aromatic heterocycles. The number of aliphatic carboxylic acids is 1. The molecule has 3 N–H and O–H groups in total. The van der Waals surface area contributed by atoms with Crippen molar-refractivity contribution in [2.45, 2.75) is 52.1 Å². The van der Waals surface area contributed by atoms with Crippen LogP contribution in [0.2, 0.25) is 0 Å². The lowest BCUT2D eigenvalue weighted by Crippen LogP contribution is -2.38. The molecular formula is C32H33N7O3. The number of aromatic amines is 1. The highest BCUT2D eigenvalue weighted by Gasteiger charge is 2.21. The summed E-state index contributed by atoms with van der Waals surface area (Å²) in [6.45, 7) is 4.56. The van der Waals surface area contributed by atoms with Crippen molar-refractivity contribution in [2.75, 3.05) is 0 Å². The smallest absolute Gasteiger partial charge is 0.305 e. The Morgan fingerprint density at radius 1 is 1.00 bits per heavy atom. The second-order valence-electron chi connectivity index (χ2n) is 10.3. The average Bonchev–Trinajstić information content (AvgIpc) is 3.66. The fraction of sp³-hybridized carbons (Fsp3) is 0.250. The third-order valence-electron chi connectivity index (χ3n) is 7.20. The molecule has 0 spiro atoms. The number of aryl methyl sites for hydroxylation is 2. The number of nitrogens with zero attached hydrogens (tertiary/aromatic N) is 5. The monoisotopic (exact) mass is 563 g/mol. The first-order valence-corrected chi connectivity index (χ1v) is 14.0. The number of H-pyrrole nitrogens is 1. The van der Waals surface area contributed by atoms with Gasteiger partial charge in [0.1, 0.15) is 5.69 Å². The van der Waals surface area contributed by atoms with Crippen molar-refractivity contribution in [3.8, 4) is 22.5 Å². The van der Waals surface area contributed by atoms with Gasteiger partial charge in [-0.2, -0.15) is 10.3 Å². The Balaban J connectivity index is 1.33. The number of aromatic nitrogens is 6. The molecule has 0 aliphatic rings. The Bertz CT molecular complexity index is 1660. The molecule has 5 rings (SSSR count). The van der Waals surface area contributed by atoms with E-state index >= 15 is 0 Å². The molecule has 0 saturated heterocycles. The third-order valence-corrected chi connectivity index (χ3v) is 7.20. The number of tetrazole rings is 1. The summed E-state index contributed by atoms with van der Waals surface area (Å²) >= 11 is 0. The normalized spacial score (nSPS) is 11.8. The first-order chi connectivity index (χ1) is 20.4. The van der Waals surface area contributed by atoms with Crippen LogP contribution >= 0.6 is 0 Å². The molecule has 10 nitrogen and oxygen atoms in total. The van der Waals surface area contributed by atoms with Gasteiger partial charge in [-0.25, -0.2) is 0 Å². The molecular weight excluding hydrogens is 530 g/mol. The van der Waals surface area contributed by atoms with Gasteiger partial charge in [-0.15, -0.1) is 10.2 Å². The Morgan fingerprint density at radius 3 is 2.43 bits per heavy atom. The minimum Gasteiger partial charge on any atom is -0.481 e. The lowest BCUT2D eigenvalue weighted by molar-refractivity contribution is -0.137. The maximum absolute atomic E-state index is 13.3. The summed E-state index contributed by atoms with van der Waals surface area (Å²) in [5.74, 6) is -0.806. The summed E-state index contributed by atoms with van der Waals surface area (Å²) in [7, 11) is 0. The highest BCUT2D eigenvalue weighted by atomic mass is 16.4. The first-order valence-electron chi connectivity index (χ1n) is 14.0. The van der Waals surface area contributed by atoms with E-state index in [9.17, 15) is 14.7 Å². The number of rotatable bonds is 12. The van der Waals surface area contributed by atoms with Crippen molar-refractivity contribution in [3.63, 3.8) is 0 Å². The van der Waals surface area contributed by atoms with E-state index < -0.39 is 12.0 Å². The summed E-state index contributed by atoms with van der Waals surface area (Å²) in [5, 5.41) is 31.5. The van der Waals surface area contributed by atoms with E-state index in [-0.39, 0.29) is 18.0 Å². The van der Waals surface area contributed by atoms with E-state index in [0.717, 1.165) is 51.9 Å². The van der Waals surface area contributed by atoms with Crippen LogP contribution in [0.15, 0.2) is 78.9 Å². The topological polar surface area (TPSA) is 139 Å². The third kappa shape index (κ3) is 6.77. The van der Waals surface area contributed by atoms with Gasteiger partial charge in [0.25, 0.3) is 5.91 Å². The molecule has 0 saturated carbocycles. The first kappa shape index (κ1) is 28.4. The van der Waals surface area contributed by atoms with Crippen molar-refractivity contribution in [1.82, 2.24) is 35.7 Å². The van der Waals surface area contributed by atoms with E-state index in [2.05, 4.69) is 38.0 Å². The summed E-state index contributed by atoms with van der Waals surface area (Å²) in [6.07, 6.45) is 1.91. The Labute approximate surface area is 243 Å². The number of nitrogens with one attached hydrogen (secondary N) is 2. The highest BCUT2D eigenvalue weighted by Crippen LogP contribution is 2.30. The Hall–Kier alpha value is -5.12. The zero-order valence-electron chi connectivity index (χ0n) is 23.6. The number of hydrogen-bond donors (Lipinski definition) is 3. The Morgan fingerprint density at radius 2 is 1.74 bits per heavy atom. The van der Waals surface area contributed by atoms with Gasteiger partial charge in [-0.1, -0.05) is 86.1 Å². The molecule has 3 aromatic carbocycles. The summed E-state index contributed by atoms with van der Waals surface area (Å²) in [6, 6.07) is 25.1. The molecule has 0 aliphatic heterocycles. The summed E-state index contributed by atoms with van der Waals surface area (Å²) < 4.78 is 1.86. The van der Waals surface area contributed by atoms with Gasteiger partial charge in [0.2, 0.25) is 5.82 Å². The summed E-state index contributed by atoms with van der Waals surface area (Å²) in [5.41, 5.74) is 7.23. The fourth-order valence-corrected chi connectivity index (χ4v) is 5.08. The van der Waals surface area contributed by atoms with Gasteiger partial charge in [0, 0.05) is 17.3 Å². The number of benzene rings is 3. The van der Waals surface area contributed by atoms with E-state index in [1.807, 2.05) is 84.4 Å². The van der Waals surface area contributed by atoms with Crippen molar-refractivity contribution >= 4 is 11.9 Å². The van der Waals surface area contributed by atoms with Gasteiger partial charge in [-0.3, -0.25) is 14.3 Å². The molecule has 0 radical (unpaired) electrons. The lowest BCUT2D eigenvalue weighted by Gasteiger charge is -2.17. The van der Waals surface area contributed by atoms with E-state index in [1.54, 1.807) is 6.07 Å². The molecule has 2 heterocycles. The van der Waals surface area contributed by atoms with Gasteiger partial charge in [-0.05, 0) is 58.9 Å². The van der Waals surface area contributed by atoms with Crippen LogP contribution < -0.4 is 5.32 Å². The van der Waals surface area contributed by atoms with Crippen LogP contribution in [0.3, 0.4) is 0 Å². The molecule has 1 atom stereocenters. The minimum absolute atomic E-state index is 0.176. The predicted molar refractivity (Wildman–Crippen MR) is 159 cm³/mol. The minimum atomic E-state index is -0.963. The molecule has 1 amide bonds. The van der Waals surface area contributed by atoms with Gasteiger partial charge in [0.05, 0.1) is 13.0 Å². The van der Waals surface area contributed by atoms with Crippen molar-refractivity contribution in [1.29, 1.82) is 0 Å². The second-order valence-corrected chi connectivity index (χ2v) is 10.3. The number of carboxylic acids is 1. The number of carbonyl (C=O) groups is 2. The molecule has 0 aliphatic carbocycles. The van der Waals surface area contributed by atoms with Crippen LogP contribution in [0.1, 0.15) is 52.6 Å². The average molecular weight is 564 g/mol. The zero-order chi connectivity index (χ0) is 29.5. The van der Waals surface area contributed by atoms with E-state index in [4.69, 9.17) is 0 Å². The van der Waals surface area contributed by atoms with Crippen molar-refractivity contribution in [2.24, 2.45) is 0 Å². The molecule has 5 aromatic rings. The van der Waals surface area contributed by atoms with Crippen LogP contribution in [0.5, 0.6) is 0 Å². The van der Waals surface area contributed by atoms with Gasteiger partial charge >= 0.3 is 5.97 Å². The van der Waals surface area contributed by atoms with Crippen LogP contribution in [-0.4, -0.2) is 53.4 Å². The predicted octanol–water partition coefficient (Wildman–Crippen LogP) is 4.86. The molecule has 42 heavy (non-hydrogen) atoms. The molecule has 0 bridgehead atoms. The van der Waals surface area contributed by atoms with Gasteiger partial charge in [0.15, 0.2) is 0 Å². The maximum Gasteiger partial charge on any atom is 0.305 e. The number of carboxylic acid groups (broad SMARTS) is 1. The SMILES string of the molecule is CCCc1cc(C(=O)N[C@@H](CC(=O)O)Cc2ccccc2C)nn1Cc1ccc(-c2ccccc2-c2nn[nH]n2)cc1. The van der Waals surface area contributed by atoms with Crippen LogP contribution in [0.25, 0.3) is 22.5 Å². The standard InChI is InChI=1S/C32H33N7O3/c1-3-8-26-19-29(32(42)33-25(18-30(40)41)17-24-10-5-4-9-21(24)2)36-39(26)20-22-13-15-23(16-14-22)27-11-6-7-12-28(27)31-34-37-38-35-31/h4-7,9-16,19,25H,3,8,17-18,20H2,1-2H3,(H,33,42)(H,40,41)(H,34,35,37,38)/t25-/m1/s1. The quantitative estimate of drug-likeness (QED) is 0.197. The fourth-order valence-electron chi connectivity index (χ4n) is 5.08. The zero-order valence-corrected chi connectivity index (χ0v) is 23.6.